The number of allylic oxidation sites excluding steroid dienone is 3. The number of hydrogen-bond acceptors (Lipinski definition) is 8. The molecule has 396 valence electrons. The predicted molar refractivity (Wildman–Crippen MR) is 288 cm³/mol. The quantitative estimate of drug-likeness (QED) is 0.0267. The van der Waals surface area contributed by atoms with Gasteiger partial charge in [-0.3, -0.25) is 14.4 Å². The van der Waals surface area contributed by atoms with Gasteiger partial charge in [0.1, 0.15) is 11.8 Å². The van der Waals surface area contributed by atoms with Gasteiger partial charge in [0.2, 0.25) is 0 Å². The molecule has 0 spiro atoms. The molecule has 1 unspecified atom stereocenters. The van der Waals surface area contributed by atoms with E-state index in [2.05, 4.69) is 55.8 Å². The van der Waals surface area contributed by atoms with E-state index in [1.807, 2.05) is 13.0 Å². The van der Waals surface area contributed by atoms with E-state index >= 15 is 0 Å². The van der Waals surface area contributed by atoms with Crippen LogP contribution < -0.4 is 5.32 Å². The molecule has 1 saturated heterocycles. The van der Waals surface area contributed by atoms with Crippen LogP contribution in [0.1, 0.15) is 267 Å². The van der Waals surface area contributed by atoms with Crippen LogP contribution in [-0.2, 0) is 23.9 Å². The Morgan fingerprint density at radius 3 is 1.42 bits per heavy atom. The molecule has 1 heterocycles. The van der Waals surface area contributed by atoms with E-state index in [9.17, 15) is 9.59 Å². The highest BCUT2D eigenvalue weighted by Gasteiger charge is 2.19. The molecule has 9 heteroatoms. The molecule has 0 bridgehead atoms. The summed E-state index contributed by atoms with van der Waals surface area (Å²) < 4.78 is 10.6. The van der Waals surface area contributed by atoms with Gasteiger partial charge in [-0.1, -0.05) is 220 Å². The summed E-state index contributed by atoms with van der Waals surface area (Å²) in [5.41, 5.74) is 1.78. The van der Waals surface area contributed by atoms with Crippen LogP contribution in [-0.4, -0.2) is 92.2 Å². The summed E-state index contributed by atoms with van der Waals surface area (Å²) in [5, 5.41) is 10.5. The van der Waals surface area contributed by atoms with Gasteiger partial charge in [-0.25, -0.2) is 0 Å². The zero-order valence-electron chi connectivity index (χ0n) is 45.5. The standard InChI is InChI=1S/C46H89N3O2.C11H22O2.CH2O2/c1-6-10-13-16-20-25-32-44(33-26-21-17-14-11-7-2)34-27-22-19-24-29-37-48(36-28-23-18-15-12-8-3)38-30-35-47-46(43(5)50)45(31-9-4)49-39-41-51-42-40-49;1-3-5-6-7-9-11(8-4-2)13-10-12;2-1-3/h9,31,44,47H,6-8,10-30,32-42H2,1-5H3;10-11H,3-9H2,1-2H3;1H,(H,2,3)/b31-9-,46-45-;;. The van der Waals surface area contributed by atoms with Crippen LogP contribution in [0.25, 0.3) is 0 Å². The lowest BCUT2D eigenvalue weighted by molar-refractivity contribution is -0.134. The zero-order valence-corrected chi connectivity index (χ0v) is 45.5. The molecule has 9 nitrogen and oxygen atoms in total. The van der Waals surface area contributed by atoms with Gasteiger partial charge in [-0.05, 0) is 77.1 Å². The zero-order chi connectivity index (χ0) is 49.7. The first-order valence-corrected chi connectivity index (χ1v) is 28.7. The third-order valence-electron chi connectivity index (χ3n) is 13.3. The van der Waals surface area contributed by atoms with Crippen LogP contribution in [0.5, 0.6) is 0 Å². The number of unbranched alkanes of at least 4 members (excludes halogenated alkanes) is 22. The van der Waals surface area contributed by atoms with Crippen molar-refractivity contribution in [2.24, 2.45) is 5.92 Å². The summed E-state index contributed by atoms with van der Waals surface area (Å²) in [5.74, 6) is 1.10. The van der Waals surface area contributed by atoms with Crippen molar-refractivity contribution in [2.45, 2.75) is 273 Å². The van der Waals surface area contributed by atoms with Gasteiger partial charge in [0.05, 0.1) is 18.9 Å². The van der Waals surface area contributed by atoms with Gasteiger partial charge in [0.25, 0.3) is 12.9 Å². The van der Waals surface area contributed by atoms with Crippen molar-refractivity contribution in [2.75, 3.05) is 52.5 Å². The summed E-state index contributed by atoms with van der Waals surface area (Å²) in [6, 6.07) is 0. The number of nitrogens with one attached hydrogen (secondary N) is 1. The highest BCUT2D eigenvalue weighted by atomic mass is 16.5. The Hall–Kier alpha value is -2.39. The molecule has 0 aromatic rings. The second-order valence-electron chi connectivity index (χ2n) is 19.4. The van der Waals surface area contributed by atoms with Gasteiger partial charge >= 0.3 is 0 Å². The van der Waals surface area contributed by atoms with Crippen molar-refractivity contribution in [1.29, 1.82) is 0 Å². The minimum Gasteiger partial charge on any atom is -0.483 e. The topological polar surface area (TPSA) is 108 Å². The van der Waals surface area contributed by atoms with Crippen LogP contribution in [0.15, 0.2) is 23.5 Å². The average Bonchev–Trinajstić information content (AvgIpc) is 3.33. The number of morpholine rings is 1. The van der Waals surface area contributed by atoms with Gasteiger partial charge in [-0.2, -0.15) is 0 Å². The van der Waals surface area contributed by atoms with Crippen molar-refractivity contribution in [3.63, 3.8) is 0 Å². The van der Waals surface area contributed by atoms with Gasteiger partial charge in [0, 0.05) is 26.6 Å². The fraction of sp³-hybridized carbons (Fsp3) is 0.879. The van der Waals surface area contributed by atoms with E-state index in [0.29, 0.717) is 6.47 Å². The van der Waals surface area contributed by atoms with Crippen molar-refractivity contribution < 1.29 is 29.0 Å². The minimum absolute atomic E-state index is 0.120. The Balaban J connectivity index is 0. The van der Waals surface area contributed by atoms with Crippen LogP contribution >= 0.6 is 0 Å². The lowest BCUT2D eigenvalue weighted by Crippen LogP contribution is -2.38. The van der Waals surface area contributed by atoms with Crippen LogP contribution in [0.2, 0.25) is 0 Å². The van der Waals surface area contributed by atoms with Crippen molar-refractivity contribution in [3.05, 3.63) is 23.5 Å². The number of carbonyl (C=O) groups excluding carboxylic acids is 2. The maximum Gasteiger partial charge on any atom is 0.293 e. The lowest BCUT2D eigenvalue weighted by atomic mass is 9.89. The minimum atomic E-state index is -0.250. The first-order chi connectivity index (χ1) is 32.8. The second kappa shape index (κ2) is 54.5. The maximum atomic E-state index is 12.7. The lowest BCUT2D eigenvalue weighted by Gasteiger charge is -2.31. The Kier molecular flexibility index (Phi) is 54.3. The van der Waals surface area contributed by atoms with Gasteiger partial charge < -0.3 is 29.7 Å². The molecule has 2 N–H and O–H groups in total. The monoisotopic (exact) mass is 948 g/mol. The van der Waals surface area contributed by atoms with Crippen LogP contribution in [0, 0.1) is 5.92 Å². The number of carbonyl (C=O) groups is 3. The predicted octanol–water partition coefficient (Wildman–Crippen LogP) is 15.8. The number of ketones is 1. The number of carboxylic acid groups (broad SMARTS) is 1. The summed E-state index contributed by atoms with van der Waals surface area (Å²) in [4.78, 5) is 36.3. The van der Waals surface area contributed by atoms with E-state index in [4.69, 9.17) is 19.4 Å². The van der Waals surface area contributed by atoms with Crippen LogP contribution in [0.3, 0.4) is 0 Å². The van der Waals surface area contributed by atoms with E-state index in [1.54, 1.807) is 6.92 Å². The molecule has 1 rings (SSSR count). The molecule has 1 fully saturated rings. The summed E-state index contributed by atoms with van der Waals surface area (Å²) >= 11 is 0. The molecule has 67 heavy (non-hydrogen) atoms. The summed E-state index contributed by atoms with van der Waals surface area (Å²) in [6.07, 6.45) is 50.2. The third-order valence-corrected chi connectivity index (χ3v) is 13.3. The summed E-state index contributed by atoms with van der Waals surface area (Å²) in [6.45, 7) is 22.8. The fourth-order valence-electron chi connectivity index (χ4n) is 9.31. The Bertz CT molecular complexity index is 1090. The number of Topliss-reactive ketones (excluding diaryl/α,β-unsaturated/α-hetero) is 1. The van der Waals surface area contributed by atoms with Crippen molar-refractivity contribution in [3.8, 4) is 0 Å². The molecule has 0 radical (unpaired) electrons. The van der Waals surface area contributed by atoms with Gasteiger partial charge in [0.15, 0.2) is 5.78 Å². The van der Waals surface area contributed by atoms with Crippen molar-refractivity contribution in [1.82, 2.24) is 15.1 Å². The second-order valence-corrected chi connectivity index (χ2v) is 19.4. The maximum absolute atomic E-state index is 12.7. The van der Waals surface area contributed by atoms with E-state index < -0.39 is 0 Å². The average molecular weight is 949 g/mol. The van der Waals surface area contributed by atoms with Crippen molar-refractivity contribution >= 4 is 18.7 Å². The Morgan fingerprint density at radius 1 is 0.597 bits per heavy atom. The molecule has 0 aliphatic carbocycles. The molecule has 0 aromatic carbocycles. The highest BCUT2D eigenvalue weighted by Crippen LogP contribution is 2.25. The number of ether oxygens (including phenoxy) is 2. The smallest absolute Gasteiger partial charge is 0.293 e. The SMILES string of the molecule is C/C=C\C(=C(\NCCCN(CCCCCCCC)CCCCCCCC(CCCCCCCC)CCCCCCCC)C(C)=O)N1CCOCC1.CCCCCCC(CCC)OC=O.O=CO. The van der Waals surface area contributed by atoms with E-state index in [0.717, 1.165) is 82.4 Å². The van der Waals surface area contributed by atoms with E-state index in [-0.39, 0.29) is 18.4 Å². The molecule has 1 atom stereocenters. The van der Waals surface area contributed by atoms with Crippen LogP contribution in [0.4, 0.5) is 0 Å². The Morgan fingerprint density at radius 2 is 1.00 bits per heavy atom. The van der Waals surface area contributed by atoms with E-state index in [1.165, 1.54) is 206 Å². The summed E-state index contributed by atoms with van der Waals surface area (Å²) in [7, 11) is 0. The third kappa shape index (κ3) is 44.6. The first-order valence-electron chi connectivity index (χ1n) is 28.7. The molecule has 1 aliphatic heterocycles. The fourth-order valence-corrected chi connectivity index (χ4v) is 9.31. The largest absolute Gasteiger partial charge is 0.483 e. The highest BCUT2D eigenvalue weighted by molar-refractivity contribution is 5.93. The van der Waals surface area contributed by atoms with Gasteiger partial charge in [-0.15, -0.1) is 0 Å². The number of rotatable bonds is 46. The molecule has 0 saturated carbocycles. The first kappa shape index (κ1) is 66.7. The Labute approximate surface area is 416 Å². The molecular weight excluding hydrogens is 835 g/mol. The molecule has 1 aliphatic rings. The molecular formula is C58H113N3O6. The number of hydrogen-bond donors (Lipinski definition) is 2. The normalized spacial score (nSPS) is 13.5. The number of nitrogens with zero attached hydrogens (tertiary/aromatic N) is 2. The molecule has 0 aromatic heterocycles. The molecule has 0 amide bonds.